The number of nitrogens with zero attached hydrogens (tertiary/aromatic N) is 5. The molecule has 0 spiro atoms. The van der Waals surface area contributed by atoms with E-state index in [-0.39, 0.29) is 23.1 Å². The Labute approximate surface area is 205 Å². The minimum absolute atomic E-state index is 0.101. The molecule has 0 amide bonds. The number of pyridine rings is 1. The first kappa shape index (κ1) is 24.6. The van der Waals surface area contributed by atoms with Crippen molar-refractivity contribution in [2.45, 2.75) is 59.3 Å². The van der Waals surface area contributed by atoms with Gasteiger partial charge in [-0.3, -0.25) is 9.69 Å². The van der Waals surface area contributed by atoms with Crippen LogP contribution >= 0.6 is 0 Å². The van der Waals surface area contributed by atoms with Crippen LogP contribution in [0, 0.1) is 5.92 Å². The first-order valence-corrected chi connectivity index (χ1v) is 11.9. The highest BCUT2D eigenvalue weighted by atomic mass is 16.5. The van der Waals surface area contributed by atoms with Crippen LogP contribution in [0.15, 0.2) is 59.4 Å². The van der Waals surface area contributed by atoms with Gasteiger partial charge in [0, 0.05) is 24.7 Å². The van der Waals surface area contributed by atoms with Crippen LogP contribution in [0.3, 0.4) is 0 Å². The predicted molar refractivity (Wildman–Crippen MR) is 137 cm³/mol. The maximum absolute atomic E-state index is 13.2. The molecule has 4 rings (SSSR count). The van der Waals surface area contributed by atoms with Gasteiger partial charge in [-0.1, -0.05) is 44.2 Å². The van der Waals surface area contributed by atoms with Crippen LogP contribution in [0.5, 0.6) is 5.75 Å². The number of H-pyrrole nitrogens is 1. The molecule has 1 unspecified atom stereocenters. The van der Waals surface area contributed by atoms with Gasteiger partial charge >= 0.3 is 0 Å². The summed E-state index contributed by atoms with van der Waals surface area (Å²) in [6.07, 6.45) is 0. The molecule has 0 bridgehead atoms. The third-order valence-electron chi connectivity index (χ3n) is 6.15. The molecule has 0 aliphatic carbocycles. The Morgan fingerprint density at radius 1 is 1.06 bits per heavy atom. The zero-order chi connectivity index (χ0) is 25.2. The van der Waals surface area contributed by atoms with E-state index >= 15 is 0 Å². The second-order valence-corrected chi connectivity index (χ2v) is 10.3. The number of nitrogens with one attached hydrogen (secondary N) is 1. The molecule has 0 fully saturated rings. The molecule has 2 heterocycles. The standard InChI is InChI=1S/C27H34N6O2/c1-18(2)24(25-29-30-31-33(25)27(3,4)5)32(16-19-10-8-7-9-11-19)17-21-14-20-12-13-22(35-6)15-23(20)28-26(21)34/h7-15,18,24H,16-17H2,1-6H3,(H,28,34). The Morgan fingerprint density at radius 2 is 1.80 bits per heavy atom. The molecule has 2 aromatic heterocycles. The van der Waals surface area contributed by atoms with Crippen LogP contribution in [0.1, 0.15) is 57.6 Å². The van der Waals surface area contributed by atoms with E-state index in [1.165, 1.54) is 0 Å². The first-order chi connectivity index (χ1) is 16.7. The molecule has 0 saturated heterocycles. The highest BCUT2D eigenvalue weighted by Gasteiger charge is 2.32. The Balaban J connectivity index is 1.79. The van der Waals surface area contributed by atoms with Crippen LogP contribution in [-0.4, -0.2) is 37.2 Å². The molecule has 184 valence electrons. The zero-order valence-electron chi connectivity index (χ0n) is 21.3. The molecule has 1 atom stereocenters. The summed E-state index contributed by atoms with van der Waals surface area (Å²) in [6.45, 7) is 11.7. The number of aromatic nitrogens is 5. The van der Waals surface area contributed by atoms with Crippen molar-refractivity contribution in [1.82, 2.24) is 30.1 Å². The number of hydrogen-bond donors (Lipinski definition) is 1. The van der Waals surface area contributed by atoms with Crippen LogP contribution in [0.2, 0.25) is 0 Å². The van der Waals surface area contributed by atoms with Crippen LogP contribution in [0.25, 0.3) is 10.9 Å². The van der Waals surface area contributed by atoms with Crippen molar-refractivity contribution in [3.63, 3.8) is 0 Å². The summed E-state index contributed by atoms with van der Waals surface area (Å²) in [5.74, 6) is 1.71. The summed E-state index contributed by atoms with van der Waals surface area (Å²) in [5.41, 5.74) is 2.23. The molecule has 0 aliphatic heterocycles. The molecule has 8 heteroatoms. The van der Waals surface area contributed by atoms with E-state index < -0.39 is 0 Å². The molecule has 0 radical (unpaired) electrons. The maximum atomic E-state index is 13.2. The lowest BCUT2D eigenvalue weighted by Crippen LogP contribution is -2.37. The molecule has 0 aliphatic rings. The summed E-state index contributed by atoms with van der Waals surface area (Å²) >= 11 is 0. The Hall–Kier alpha value is -3.52. The quantitative estimate of drug-likeness (QED) is 0.399. The summed E-state index contributed by atoms with van der Waals surface area (Å²) in [6, 6.07) is 17.9. The van der Waals surface area contributed by atoms with Gasteiger partial charge in [-0.25, -0.2) is 4.68 Å². The highest BCUT2D eigenvalue weighted by Crippen LogP contribution is 2.32. The predicted octanol–water partition coefficient (Wildman–Crippen LogP) is 4.68. The molecule has 8 nitrogen and oxygen atoms in total. The second kappa shape index (κ2) is 10.00. The molecular formula is C27H34N6O2. The van der Waals surface area contributed by atoms with Crippen molar-refractivity contribution in [3.8, 4) is 5.75 Å². The average molecular weight is 475 g/mol. The monoisotopic (exact) mass is 474 g/mol. The summed E-state index contributed by atoms with van der Waals surface area (Å²) in [5, 5.41) is 13.8. The number of methoxy groups -OCH3 is 1. The van der Waals surface area contributed by atoms with Crippen LogP contribution < -0.4 is 10.3 Å². The summed E-state index contributed by atoms with van der Waals surface area (Å²) in [4.78, 5) is 18.5. The summed E-state index contributed by atoms with van der Waals surface area (Å²) < 4.78 is 7.21. The number of tetrazole rings is 1. The van der Waals surface area contributed by atoms with Gasteiger partial charge in [0.1, 0.15) is 5.75 Å². The molecule has 0 saturated carbocycles. The van der Waals surface area contributed by atoms with Gasteiger partial charge in [0.2, 0.25) is 0 Å². The number of ether oxygens (including phenoxy) is 1. The van der Waals surface area contributed by atoms with Crippen molar-refractivity contribution in [1.29, 1.82) is 0 Å². The Kier molecular flexibility index (Phi) is 7.03. The van der Waals surface area contributed by atoms with Crippen molar-refractivity contribution in [2.24, 2.45) is 5.92 Å². The fraction of sp³-hybridized carbons (Fsp3) is 0.407. The zero-order valence-corrected chi connectivity index (χ0v) is 21.3. The van der Waals surface area contributed by atoms with E-state index in [1.54, 1.807) is 7.11 Å². The van der Waals surface area contributed by atoms with Crippen molar-refractivity contribution in [3.05, 3.63) is 81.9 Å². The molecule has 2 aromatic carbocycles. The number of aromatic amines is 1. The molecule has 35 heavy (non-hydrogen) atoms. The lowest BCUT2D eigenvalue weighted by atomic mass is 9.98. The highest BCUT2D eigenvalue weighted by molar-refractivity contribution is 5.80. The normalized spacial score (nSPS) is 13.0. The first-order valence-electron chi connectivity index (χ1n) is 11.9. The van der Waals surface area contributed by atoms with Gasteiger partial charge in [0.25, 0.3) is 5.56 Å². The topological polar surface area (TPSA) is 88.9 Å². The third-order valence-corrected chi connectivity index (χ3v) is 6.15. The van der Waals surface area contributed by atoms with Crippen LogP contribution in [0.4, 0.5) is 0 Å². The van der Waals surface area contributed by atoms with Crippen molar-refractivity contribution >= 4 is 10.9 Å². The number of benzene rings is 2. The van der Waals surface area contributed by atoms with E-state index in [0.29, 0.717) is 24.4 Å². The van der Waals surface area contributed by atoms with Gasteiger partial charge in [0.05, 0.1) is 24.2 Å². The lowest BCUT2D eigenvalue weighted by Gasteiger charge is -2.35. The van der Waals surface area contributed by atoms with Gasteiger partial charge in [-0.2, -0.15) is 0 Å². The average Bonchev–Trinajstić information content (AvgIpc) is 3.29. The summed E-state index contributed by atoms with van der Waals surface area (Å²) in [7, 11) is 1.62. The lowest BCUT2D eigenvalue weighted by molar-refractivity contribution is 0.120. The SMILES string of the molecule is COc1ccc2cc(CN(Cc3ccccc3)C(c3nnnn3C(C)(C)C)C(C)C)c(=O)[nH]c2c1. The Bertz CT molecular complexity index is 1340. The molecule has 1 N–H and O–H groups in total. The number of hydrogen-bond acceptors (Lipinski definition) is 6. The third kappa shape index (κ3) is 5.43. The van der Waals surface area contributed by atoms with Gasteiger partial charge in [0.15, 0.2) is 5.82 Å². The fourth-order valence-corrected chi connectivity index (χ4v) is 4.50. The molecule has 4 aromatic rings. The number of rotatable bonds is 8. The minimum atomic E-state index is -0.274. The van der Waals surface area contributed by atoms with Gasteiger partial charge in [-0.05, 0) is 66.3 Å². The fourth-order valence-electron chi connectivity index (χ4n) is 4.50. The Morgan fingerprint density at radius 3 is 2.46 bits per heavy atom. The largest absolute Gasteiger partial charge is 0.497 e. The van der Waals surface area contributed by atoms with E-state index in [9.17, 15) is 4.79 Å². The van der Waals surface area contributed by atoms with Gasteiger partial charge < -0.3 is 9.72 Å². The van der Waals surface area contributed by atoms with E-state index in [1.807, 2.05) is 47.1 Å². The van der Waals surface area contributed by atoms with E-state index in [2.05, 4.69) is 72.2 Å². The van der Waals surface area contributed by atoms with E-state index in [4.69, 9.17) is 4.74 Å². The van der Waals surface area contributed by atoms with Gasteiger partial charge in [-0.15, -0.1) is 5.10 Å². The van der Waals surface area contributed by atoms with Crippen molar-refractivity contribution < 1.29 is 4.74 Å². The smallest absolute Gasteiger partial charge is 0.252 e. The van der Waals surface area contributed by atoms with Crippen molar-refractivity contribution in [2.75, 3.05) is 7.11 Å². The number of fused-ring (bicyclic) bond motifs is 1. The second-order valence-electron chi connectivity index (χ2n) is 10.3. The van der Waals surface area contributed by atoms with E-state index in [0.717, 1.165) is 22.3 Å². The molecular weight excluding hydrogens is 440 g/mol. The van der Waals surface area contributed by atoms with Crippen LogP contribution in [-0.2, 0) is 18.6 Å². The maximum Gasteiger partial charge on any atom is 0.252 e. The minimum Gasteiger partial charge on any atom is -0.497 e.